The lowest BCUT2D eigenvalue weighted by molar-refractivity contribution is -0.141. The molecule has 2 saturated heterocycles. The molecule has 2 bridgehead atoms. The van der Waals surface area contributed by atoms with Gasteiger partial charge in [-0.3, -0.25) is 19.3 Å². The zero-order chi connectivity index (χ0) is 16.0. The third-order valence-corrected chi connectivity index (χ3v) is 5.76. The Balaban J connectivity index is 1.41. The number of rotatable bonds is 3. The predicted molar refractivity (Wildman–Crippen MR) is 81.1 cm³/mol. The van der Waals surface area contributed by atoms with Crippen LogP contribution in [0.4, 0.5) is 0 Å². The van der Waals surface area contributed by atoms with E-state index in [1.807, 2.05) is 0 Å². The van der Waals surface area contributed by atoms with Crippen LogP contribution in [0, 0.1) is 23.7 Å². The molecule has 1 saturated carbocycles. The van der Waals surface area contributed by atoms with Gasteiger partial charge in [0.15, 0.2) is 0 Å². The van der Waals surface area contributed by atoms with Crippen molar-refractivity contribution in [3.8, 4) is 0 Å². The molecule has 3 amide bonds. The van der Waals surface area contributed by atoms with Gasteiger partial charge in [0.05, 0.1) is 25.0 Å². The number of carbonyl (C=O) groups excluding carboxylic acids is 3. The average molecular weight is 318 g/mol. The molecule has 5 aliphatic rings. The van der Waals surface area contributed by atoms with Crippen molar-refractivity contribution in [2.75, 3.05) is 32.8 Å². The van der Waals surface area contributed by atoms with E-state index in [4.69, 9.17) is 4.74 Å². The Labute approximate surface area is 135 Å². The van der Waals surface area contributed by atoms with Crippen LogP contribution in [0.2, 0.25) is 0 Å². The molecule has 2 heterocycles. The second-order valence-corrected chi connectivity index (χ2v) is 6.91. The summed E-state index contributed by atoms with van der Waals surface area (Å²) in [4.78, 5) is 40.7. The highest BCUT2D eigenvalue weighted by Gasteiger charge is 2.56. The summed E-state index contributed by atoms with van der Waals surface area (Å²) in [5.74, 6) is -0.0511. The smallest absolute Gasteiger partial charge is 0.233 e. The molecular formula is C17H22N2O4. The van der Waals surface area contributed by atoms with Crippen LogP contribution in [0.25, 0.3) is 0 Å². The minimum absolute atomic E-state index is 0.00451. The van der Waals surface area contributed by atoms with Crippen molar-refractivity contribution in [1.29, 1.82) is 0 Å². The third kappa shape index (κ3) is 2.40. The fourth-order valence-electron chi connectivity index (χ4n) is 4.53. The van der Waals surface area contributed by atoms with E-state index in [-0.39, 0.29) is 54.4 Å². The van der Waals surface area contributed by atoms with Crippen LogP contribution in [0.5, 0.6) is 0 Å². The van der Waals surface area contributed by atoms with E-state index in [1.54, 1.807) is 4.90 Å². The van der Waals surface area contributed by atoms with Gasteiger partial charge >= 0.3 is 0 Å². The summed E-state index contributed by atoms with van der Waals surface area (Å²) >= 11 is 0. The first-order valence-corrected chi connectivity index (χ1v) is 8.56. The minimum atomic E-state index is -0.176. The first-order valence-electron chi connectivity index (χ1n) is 8.56. The van der Waals surface area contributed by atoms with Crippen LogP contribution >= 0.6 is 0 Å². The van der Waals surface area contributed by atoms with Gasteiger partial charge in [0.2, 0.25) is 17.7 Å². The van der Waals surface area contributed by atoms with Gasteiger partial charge in [0.25, 0.3) is 0 Å². The second kappa shape index (κ2) is 5.74. The Bertz CT molecular complexity index is 535. The number of imide groups is 1. The van der Waals surface area contributed by atoms with Gasteiger partial charge in [0, 0.05) is 26.1 Å². The van der Waals surface area contributed by atoms with Crippen molar-refractivity contribution in [3.63, 3.8) is 0 Å². The van der Waals surface area contributed by atoms with E-state index >= 15 is 0 Å². The fraction of sp³-hybridized carbons (Fsp3) is 0.706. The van der Waals surface area contributed by atoms with Crippen LogP contribution in [-0.2, 0) is 19.1 Å². The lowest BCUT2D eigenvalue weighted by Gasteiger charge is -2.38. The van der Waals surface area contributed by atoms with Gasteiger partial charge in [-0.25, -0.2) is 0 Å². The second-order valence-electron chi connectivity index (χ2n) is 6.91. The zero-order valence-corrected chi connectivity index (χ0v) is 13.1. The summed E-state index contributed by atoms with van der Waals surface area (Å²) in [6, 6.07) is 0. The van der Waals surface area contributed by atoms with Crippen LogP contribution in [0.15, 0.2) is 12.2 Å². The van der Waals surface area contributed by atoms with E-state index in [2.05, 4.69) is 12.2 Å². The molecule has 2 aliphatic heterocycles. The van der Waals surface area contributed by atoms with Crippen molar-refractivity contribution >= 4 is 17.7 Å². The summed E-state index contributed by atoms with van der Waals surface area (Å²) in [7, 11) is 0. The minimum Gasteiger partial charge on any atom is -0.378 e. The SMILES string of the molecule is O=C(CCN1C(=O)[C@@H]2[C@@H](C1=O)[C@H]1C=C[C@H]2CC1)N1CCOCC1. The van der Waals surface area contributed by atoms with Gasteiger partial charge in [-0.15, -0.1) is 0 Å². The maximum Gasteiger partial charge on any atom is 0.233 e. The quantitative estimate of drug-likeness (QED) is 0.559. The number of likely N-dealkylation sites (tertiary alicyclic amines) is 1. The lowest BCUT2D eigenvalue weighted by atomic mass is 9.63. The number of allylic oxidation sites excluding steroid dienone is 2. The number of hydrogen-bond acceptors (Lipinski definition) is 4. The molecule has 23 heavy (non-hydrogen) atoms. The maximum absolute atomic E-state index is 12.7. The Kier molecular flexibility index (Phi) is 3.71. The summed E-state index contributed by atoms with van der Waals surface area (Å²) in [5, 5.41) is 0. The molecule has 6 nitrogen and oxygen atoms in total. The number of morpholine rings is 1. The molecule has 0 radical (unpaired) electrons. The van der Waals surface area contributed by atoms with Crippen molar-refractivity contribution < 1.29 is 19.1 Å². The maximum atomic E-state index is 12.7. The molecule has 0 aromatic carbocycles. The van der Waals surface area contributed by atoms with Gasteiger partial charge in [0.1, 0.15) is 0 Å². The van der Waals surface area contributed by atoms with Crippen molar-refractivity contribution in [2.45, 2.75) is 19.3 Å². The highest BCUT2D eigenvalue weighted by atomic mass is 16.5. The average Bonchev–Trinajstić information content (AvgIpc) is 2.88. The van der Waals surface area contributed by atoms with Crippen LogP contribution in [0.1, 0.15) is 19.3 Å². The van der Waals surface area contributed by atoms with Gasteiger partial charge < -0.3 is 9.64 Å². The number of ether oxygens (including phenoxy) is 1. The molecule has 0 spiro atoms. The standard InChI is InChI=1S/C17H22N2O4/c20-13(18-7-9-23-10-8-18)5-6-19-16(21)14-11-1-2-12(4-3-11)15(14)17(19)22/h1-2,11-12,14-15H,3-10H2/t11-,12-,14-,15-/m0/s1. The van der Waals surface area contributed by atoms with Crippen LogP contribution in [0.3, 0.4) is 0 Å². The number of amides is 3. The Morgan fingerprint density at radius 2 is 1.61 bits per heavy atom. The van der Waals surface area contributed by atoms with Gasteiger partial charge in [-0.2, -0.15) is 0 Å². The monoisotopic (exact) mass is 318 g/mol. The normalized spacial score (nSPS) is 35.8. The zero-order valence-electron chi connectivity index (χ0n) is 13.1. The molecular weight excluding hydrogens is 296 g/mol. The van der Waals surface area contributed by atoms with Crippen LogP contribution in [-0.4, -0.2) is 60.4 Å². The molecule has 0 unspecified atom stereocenters. The molecule has 3 fully saturated rings. The van der Waals surface area contributed by atoms with E-state index in [9.17, 15) is 14.4 Å². The summed E-state index contributed by atoms with van der Waals surface area (Å²) in [6.07, 6.45) is 6.45. The lowest BCUT2D eigenvalue weighted by Crippen LogP contribution is -2.42. The van der Waals surface area contributed by atoms with Gasteiger partial charge in [-0.1, -0.05) is 12.2 Å². The number of hydrogen-bond donors (Lipinski definition) is 0. The number of carbonyl (C=O) groups is 3. The fourth-order valence-corrected chi connectivity index (χ4v) is 4.53. The van der Waals surface area contributed by atoms with Crippen molar-refractivity contribution in [1.82, 2.24) is 9.80 Å². The van der Waals surface area contributed by atoms with Crippen molar-refractivity contribution in [2.24, 2.45) is 23.7 Å². The first kappa shape index (κ1) is 14.9. The summed E-state index contributed by atoms with van der Waals surface area (Å²) in [5.41, 5.74) is 0. The molecule has 4 atom stereocenters. The molecule has 0 N–H and O–H groups in total. The Morgan fingerprint density at radius 1 is 1.04 bits per heavy atom. The molecule has 0 aromatic heterocycles. The highest BCUT2D eigenvalue weighted by Crippen LogP contribution is 2.49. The Morgan fingerprint density at radius 3 is 2.13 bits per heavy atom. The third-order valence-electron chi connectivity index (χ3n) is 5.76. The molecule has 6 heteroatoms. The van der Waals surface area contributed by atoms with Gasteiger partial charge in [-0.05, 0) is 24.7 Å². The Hall–Kier alpha value is -1.69. The predicted octanol–water partition coefficient (Wildman–Crippen LogP) is 0.433. The largest absolute Gasteiger partial charge is 0.378 e. The molecule has 124 valence electrons. The summed E-state index contributed by atoms with van der Waals surface area (Å²) < 4.78 is 5.24. The van der Waals surface area contributed by atoms with Crippen LogP contribution < -0.4 is 0 Å². The first-order chi connectivity index (χ1) is 11.2. The molecule has 0 aromatic rings. The number of nitrogens with zero attached hydrogens (tertiary/aromatic N) is 2. The number of fused-ring (bicyclic) bond motifs is 1. The van der Waals surface area contributed by atoms with Crippen molar-refractivity contribution in [3.05, 3.63) is 12.2 Å². The van der Waals surface area contributed by atoms with E-state index < -0.39 is 0 Å². The van der Waals surface area contributed by atoms with E-state index in [0.717, 1.165) is 12.8 Å². The van der Waals surface area contributed by atoms with E-state index in [0.29, 0.717) is 26.3 Å². The molecule has 5 rings (SSSR count). The summed E-state index contributed by atoms with van der Waals surface area (Å²) in [6.45, 7) is 2.54. The van der Waals surface area contributed by atoms with E-state index in [1.165, 1.54) is 4.90 Å². The highest BCUT2D eigenvalue weighted by molar-refractivity contribution is 6.06. The molecule has 3 aliphatic carbocycles. The topological polar surface area (TPSA) is 66.9 Å².